The molecule has 1 aromatic rings. The fraction of sp³-hybridized carbons (Fsp3) is 0.571. The Labute approximate surface area is 106 Å². The molecule has 3 rings (SSSR count). The van der Waals surface area contributed by atoms with Gasteiger partial charge in [-0.15, -0.1) is 0 Å². The summed E-state index contributed by atoms with van der Waals surface area (Å²) in [5.74, 6) is 1.44. The third kappa shape index (κ3) is 2.80. The largest absolute Gasteiger partial charge is 0.309 e. The van der Waals surface area contributed by atoms with Crippen LogP contribution in [-0.4, -0.2) is 6.04 Å². The van der Waals surface area contributed by atoms with E-state index in [1.165, 1.54) is 31.7 Å². The molecule has 3 heteroatoms. The Morgan fingerprint density at radius 2 is 1.88 bits per heavy atom. The van der Waals surface area contributed by atoms with Crippen molar-refractivity contribution in [3.63, 3.8) is 0 Å². The van der Waals surface area contributed by atoms with E-state index in [1.54, 1.807) is 6.07 Å². The molecule has 0 aliphatic heterocycles. The molecule has 1 N–H and O–H groups in total. The third-order valence-corrected chi connectivity index (χ3v) is 4.08. The van der Waals surface area contributed by atoms with Crippen molar-refractivity contribution in [2.75, 3.05) is 0 Å². The number of nitrogens with one attached hydrogen (secondary N) is 1. The number of hydrogen-bond acceptors (Lipinski definition) is 1. The molecule has 0 atom stereocenters. The highest BCUT2D eigenvalue weighted by Gasteiger charge is 2.40. The van der Waals surface area contributed by atoms with E-state index in [0.717, 1.165) is 23.9 Å². The topological polar surface area (TPSA) is 12.0 Å². The highest BCUT2D eigenvalue weighted by atomic mass is 35.5. The van der Waals surface area contributed by atoms with E-state index in [9.17, 15) is 4.39 Å². The van der Waals surface area contributed by atoms with Gasteiger partial charge in [-0.2, -0.15) is 0 Å². The highest BCUT2D eigenvalue weighted by molar-refractivity contribution is 6.30. The lowest BCUT2D eigenvalue weighted by Gasteiger charge is -2.17. The van der Waals surface area contributed by atoms with Gasteiger partial charge in [-0.25, -0.2) is 4.39 Å². The van der Waals surface area contributed by atoms with Crippen LogP contribution in [0.25, 0.3) is 0 Å². The van der Waals surface area contributed by atoms with Gasteiger partial charge in [0.15, 0.2) is 0 Å². The van der Waals surface area contributed by atoms with E-state index >= 15 is 0 Å². The fourth-order valence-corrected chi connectivity index (χ4v) is 2.72. The third-order valence-electron chi connectivity index (χ3n) is 3.79. The average molecular weight is 254 g/mol. The number of halogens is 2. The Balaban J connectivity index is 1.60. The van der Waals surface area contributed by atoms with Gasteiger partial charge in [0, 0.05) is 12.6 Å². The van der Waals surface area contributed by atoms with Gasteiger partial charge in [-0.1, -0.05) is 17.7 Å². The number of rotatable bonds is 5. The quantitative estimate of drug-likeness (QED) is 0.843. The van der Waals surface area contributed by atoms with Crippen LogP contribution in [0.3, 0.4) is 0 Å². The molecule has 2 aliphatic rings. The van der Waals surface area contributed by atoms with E-state index < -0.39 is 0 Å². The zero-order valence-corrected chi connectivity index (χ0v) is 10.5. The molecule has 1 aromatic carbocycles. The van der Waals surface area contributed by atoms with Crippen LogP contribution in [0.2, 0.25) is 5.02 Å². The molecule has 0 unspecified atom stereocenters. The minimum atomic E-state index is -0.337. The first-order valence-electron chi connectivity index (χ1n) is 6.41. The lowest BCUT2D eigenvalue weighted by atomic mass is 10.1. The first kappa shape index (κ1) is 11.5. The zero-order valence-electron chi connectivity index (χ0n) is 9.76. The predicted octanol–water partition coefficient (Wildman–Crippen LogP) is 3.76. The SMILES string of the molecule is Fc1ccc(CNC(C2CC2)C2CC2)cc1Cl. The summed E-state index contributed by atoms with van der Waals surface area (Å²) in [7, 11) is 0. The zero-order chi connectivity index (χ0) is 11.8. The molecule has 0 aromatic heterocycles. The van der Waals surface area contributed by atoms with Gasteiger partial charge in [0.25, 0.3) is 0 Å². The molecule has 2 aliphatic carbocycles. The summed E-state index contributed by atoms with van der Waals surface area (Å²) < 4.78 is 13.0. The molecule has 0 saturated heterocycles. The van der Waals surface area contributed by atoms with Crippen LogP contribution < -0.4 is 5.32 Å². The van der Waals surface area contributed by atoms with Crippen molar-refractivity contribution in [1.82, 2.24) is 5.32 Å². The molecular weight excluding hydrogens is 237 g/mol. The van der Waals surface area contributed by atoms with Crippen LogP contribution in [0, 0.1) is 17.7 Å². The minimum Gasteiger partial charge on any atom is -0.309 e. The number of benzene rings is 1. The van der Waals surface area contributed by atoms with Crippen molar-refractivity contribution in [2.45, 2.75) is 38.3 Å². The first-order valence-corrected chi connectivity index (χ1v) is 6.79. The first-order chi connectivity index (χ1) is 8.24. The molecule has 2 fully saturated rings. The summed E-state index contributed by atoms with van der Waals surface area (Å²) in [5.41, 5.74) is 1.07. The Morgan fingerprint density at radius 3 is 2.41 bits per heavy atom. The second-order valence-corrected chi connectivity index (χ2v) is 5.74. The average Bonchev–Trinajstić information content (AvgIpc) is 3.14. The van der Waals surface area contributed by atoms with Crippen molar-refractivity contribution in [2.24, 2.45) is 11.8 Å². The van der Waals surface area contributed by atoms with Crippen molar-refractivity contribution in [1.29, 1.82) is 0 Å². The second-order valence-electron chi connectivity index (χ2n) is 5.33. The fourth-order valence-electron chi connectivity index (χ4n) is 2.51. The summed E-state index contributed by atoms with van der Waals surface area (Å²) in [6, 6.07) is 5.66. The monoisotopic (exact) mass is 253 g/mol. The van der Waals surface area contributed by atoms with Crippen LogP contribution in [0.15, 0.2) is 18.2 Å². The van der Waals surface area contributed by atoms with Crippen molar-refractivity contribution in [3.05, 3.63) is 34.6 Å². The highest BCUT2D eigenvalue weighted by Crippen LogP contribution is 2.44. The minimum absolute atomic E-state index is 0.221. The lowest BCUT2D eigenvalue weighted by Crippen LogP contribution is -2.32. The van der Waals surface area contributed by atoms with Crippen LogP contribution in [0.5, 0.6) is 0 Å². The molecular formula is C14H17ClFN. The van der Waals surface area contributed by atoms with Crippen LogP contribution in [0.1, 0.15) is 31.2 Å². The molecule has 0 bridgehead atoms. The van der Waals surface area contributed by atoms with Crippen LogP contribution >= 0.6 is 11.6 Å². The molecule has 0 heterocycles. The summed E-state index contributed by atoms with van der Waals surface area (Å²) >= 11 is 5.78. The molecule has 1 nitrogen and oxygen atoms in total. The normalized spacial score (nSPS) is 19.9. The van der Waals surface area contributed by atoms with Crippen molar-refractivity contribution in [3.8, 4) is 0 Å². The van der Waals surface area contributed by atoms with Gasteiger partial charge in [-0.05, 0) is 55.2 Å². The summed E-state index contributed by atoms with van der Waals surface area (Å²) in [6.45, 7) is 0.803. The van der Waals surface area contributed by atoms with E-state index in [2.05, 4.69) is 5.32 Å². The van der Waals surface area contributed by atoms with Gasteiger partial charge in [0.1, 0.15) is 5.82 Å². The Hall–Kier alpha value is -0.600. The maximum Gasteiger partial charge on any atom is 0.141 e. The number of hydrogen-bond donors (Lipinski definition) is 1. The second kappa shape index (κ2) is 4.58. The molecule has 0 amide bonds. The van der Waals surface area contributed by atoms with Crippen molar-refractivity contribution < 1.29 is 4.39 Å². The molecule has 0 spiro atoms. The summed E-state index contributed by atoms with van der Waals surface area (Å²) in [6.07, 6.45) is 5.49. The van der Waals surface area contributed by atoms with E-state index in [-0.39, 0.29) is 10.8 Å². The van der Waals surface area contributed by atoms with E-state index in [4.69, 9.17) is 11.6 Å². The maximum atomic E-state index is 13.0. The summed E-state index contributed by atoms with van der Waals surface area (Å²) in [4.78, 5) is 0. The Bertz CT molecular complexity index is 401. The van der Waals surface area contributed by atoms with Gasteiger partial charge in [0.2, 0.25) is 0 Å². The van der Waals surface area contributed by atoms with Crippen LogP contribution in [0.4, 0.5) is 4.39 Å². The Kier molecular flexibility index (Phi) is 3.10. The summed E-state index contributed by atoms with van der Waals surface area (Å²) in [5, 5.41) is 3.85. The van der Waals surface area contributed by atoms with E-state index in [0.29, 0.717) is 6.04 Å². The van der Waals surface area contributed by atoms with Crippen LogP contribution in [-0.2, 0) is 6.54 Å². The molecule has 2 saturated carbocycles. The van der Waals surface area contributed by atoms with Crippen molar-refractivity contribution >= 4 is 11.6 Å². The lowest BCUT2D eigenvalue weighted by molar-refractivity contribution is 0.415. The van der Waals surface area contributed by atoms with E-state index in [1.807, 2.05) is 6.07 Å². The molecule has 92 valence electrons. The maximum absolute atomic E-state index is 13.0. The van der Waals surface area contributed by atoms with Gasteiger partial charge in [0.05, 0.1) is 5.02 Å². The smallest absolute Gasteiger partial charge is 0.141 e. The predicted molar refractivity (Wildman–Crippen MR) is 67.5 cm³/mol. The Morgan fingerprint density at radius 1 is 1.24 bits per heavy atom. The van der Waals surface area contributed by atoms with Gasteiger partial charge < -0.3 is 5.32 Å². The standard InChI is InChI=1S/C14H17ClFN/c15-12-7-9(1-6-13(12)16)8-17-14(10-2-3-10)11-4-5-11/h1,6-7,10-11,14,17H,2-5,8H2. The van der Waals surface area contributed by atoms with Gasteiger partial charge in [-0.3, -0.25) is 0 Å². The molecule has 17 heavy (non-hydrogen) atoms. The molecule has 0 radical (unpaired) electrons. The van der Waals surface area contributed by atoms with Gasteiger partial charge >= 0.3 is 0 Å².